The first kappa shape index (κ1) is 12.4. The first-order valence-corrected chi connectivity index (χ1v) is 5.02. The van der Waals surface area contributed by atoms with Crippen LogP contribution < -0.4 is 5.32 Å². The lowest BCUT2D eigenvalue weighted by atomic mass is 10.2. The molecule has 0 aromatic carbocycles. The predicted molar refractivity (Wildman–Crippen MR) is 55.2 cm³/mol. The molecule has 1 unspecified atom stereocenters. The number of carbonyl (C=O) groups is 1. The molecule has 0 radical (unpaired) electrons. The maximum atomic E-state index is 11.3. The van der Waals surface area contributed by atoms with Crippen LogP contribution in [0.4, 0.5) is 0 Å². The van der Waals surface area contributed by atoms with Gasteiger partial charge in [0.1, 0.15) is 0 Å². The van der Waals surface area contributed by atoms with E-state index in [0.717, 1.165) is 17.3 Å². The van der Waals surface area contributed by atoms with E-state index in [-0.39, 0.29) is 12.1 Å². The molecule has 78 valence electrons. The van der Waals surface area contributed by atoms with Crippen molar-refractivity contribution in [1.82, 2.24) is 5.32 Å². The van der Waals surface area contributed by atoms with Gasteiger partial charge in [0.15, 0.2) is 6.17 Å². The molecule has 0 aromatic heterocycles. The number of hydrogen-bond acceptors (Lipinski definition) is 1. The highest BCUT2D eigenvalue weighted by atomic mass is 16.1. The normalized spacial score (nSPS) is 13.9. The van der Waals surface area contributed by atoms with Crippen LogP contribution in [0, 0.1) is 0 Å². The fourth-order valence-electron chi connectivity index (χ4n) is 1.33. The number of carbonyl (C=O) groups excluding carboxylic acids is 1. The molecule has 0 fully saturated rings. The number of rotatable bonds is 5. The average molecular weight is 187 g/mol. The first-order chi connectivity index (χ1) is 5.91. The van der Waals surface area contributed by atoms with E-state index in [9.17, 15) is 4.79 Å². The maximum absolute atomic E-state index is 11.3. The zero-order valence-electron chi connectivity index (χ0n) is 9.55. The highest BCUT2D eigenvalue weighted by Crippen LogP contribution is 2.04. The van der Waals surface area contributed by atoms with E-state index in [4.69, 9.17) is 0 Å². The second-order valence-corrected chi connectivity index (χ2v) is 4.36. The van der Waals surface area contributed by atoms with Gasteiger partial charge in [-0.15, -0.1) is 0 Å². The van der Waals surface area contributed by atoms with Crippen LogP contribution in [-0.4, -0.2) is 37.7 Å². The minimum atomic E-state index is 0.169. The van der Waals surface area contributed by atoms with Crippen LogP contribution in [-0.2, 0) is 4.79 Å². The van der Waals surface area contributed by atoms with Crippen molar-refractivity contribution >= 4 is 5.91 Å². The van der Waals surface area contributed by atoms with Crippen LogP contribution in [0.3, 0.4) is 0 Å². The van der Waals surface area contributed by atoms with Gasteiger partial charge in [0, 0.05) is 12.8 Å². The summed E-state index contributed by atoms with van der Waals surface area (Å²) >= 11 is 0. The Kier molecular flexibility index (Phi) is 4.99. The zero-order valence-corrected chi connectivity index (χ0v) is 9.55. The molecule has 0 aliphatic heterocycles. The summed E-state index contributed by atoms with van der Waals surface area (Å²) in [5.41, 5.74) is 0. The predicted octanol–water partition coefficient (Wildman–Crippen LogP) is 1.34. The third-order valence-electron chi connectivity index (χ3n) is 2.13. The van der Waals surface area contributed by atoms with Gasteiger partial charge in [-0.2, -0.15) is 0 Å². The van der Waals surface area contributed by atoms with E-state index in [1.165, 1.54) is 0 Å². The lowest BCUT2D eigenvalue weighted by Crippen LogP contribution is -2.54. The molecule has 0 aliphatic rings. The quantitative estimate of drug-likeness (QED) is 0.511. The molecule has 1 N–H and O–H groups in total. The van der Waals surface area contributed by atoms with Crippen molar-refractivity contribution in [2.24, 2.45) is 0 Å². The summed E-state index contributed by atoms with van der Waals surface area (Å²) < 4.78 is 0.784. The van der Waals surface area contributed by atoms with Crippen LogP contribution in [0.1, 0.15) is 33.1 Å². The van der Waals surface area contributed by atoms with E-state index < -0.39 is 0 Å². The molecule has 1 atom stereocenters. The number of hydrogen-bond donors (Lipinski definition) is 1. The summed E-state index contributed by atoms with van der Waals surface area (Å²) in [5, 5.41) is 3.04. The average Bonchev–Trinajstić information content (AvgIpc) is 1.98. The Balaban J connectivity index is 4.06. The van der Waals surface area contributed by atoms with E-state index >= 15 is 0 Å². The van der Waals surface area contributed by atoms with Crippen molar-refractivity contribution in [2.45, 2.75) is 39.3 Å². The Morgan fingerprint density at radius 1 is 1.31 bits per heavy atom. The molecule has 0 rings (SSSR count). The standard InChI is InChI=1S/C10H22N2O/c1-6-8-10(13)11-9(7-2)12(3,4)5/h9H,6-8H2,1-5H3/p+1. The van der Waals surface area contributed by atoms with Crippen LogP contribution in [0.15, 0.2) is 0 Å². The summed E-state index contributed by atoms with van der Waals surface area (Å²) in [6.07, 6.45) is 2.76. The molecule has 3 nitrogen and oxygen atoms in total. The largest absolute Gasteiger partial charge is 0.311 e. The third kappa shape index (κ3) is 4.88. The highest BCUT2D eigenvalue weighted by molar-refractivity contribution is 5.75. The van der Waals surface area contributed by atoms with Gasteiger partial charge >= 0.3 is 0 Å². The molecule has 0 spiro atoms. The molecular weight excluding hydrogens is 164 g/mol. The second-order valence-electron chi connectivity index (χ2n) is 4.36. The molecule has 0 saturated carbocycles. The van der Waals surface area contributed by atoms with E-state index in [1.54, 1.807) is 0 Å². The van der Waals surface area contributed by atoms with Gasteiger partial charge in [-0.1, -0.05) is 13.8 Å². The molecular formula is C10H23N2O+. The molecule has 3 heteroatoms. The van der Waals surface area contributed by atoms with Crippen LogP contribution in [0.5, 0.6) is 0 Å². The van der Waals surface area contributed by atoms with Gasteiger partial charge in [0.05, 0.1) is 21.1 Å². The van der Waals surface area contributed by atoms with E-state index in [1.807, 2.05) is 6.92 Å². The lowest BCUT2D eigenvalue weighted by molar-refractivity contribution is -0.898. The van der Waals surface area contributed by atoms with Gasteiger partial charge in [0.2, 0.25) is 5.91 Å². The summed E-state index contributed by atoms with van der Waals surface area (Å²) in [5.74, 6) is 0.169. The number of nitrogens with one attached hydrogen (secondary N) is 1. The maximum Gasteiger partial charge on any atom is 0.224 e. The summed E-state index contributed by atoms with van der Waals surface area (Å²) in [6.45, 7) is 4.12. The number of nitrogens with zero attached hydrogens (tertiary/aromatic N) is 1. The van der Waals surface area contributed by atoms with Crippen molar-refractivity contribution in [3.8, 4) is 0 Å². The van der Waals surface area contributed by atoms with Crippen LogP contribution in [0.2, 0.25) is 0 Å². The summed E-state index contributed by atoms with van der Waals surface area (Å²) in [6, 6.07) is 0. The molecule has 0 saturated heterocycles. The summed E-state index contributed by atoms with van der Waals surface area (Å²) in [7, 11) is 6.29. The van der Waals surface area contributed by atoms with Gasteiger partial charge in [-0.3, -0.25) is 4.79 Å². The van der Waals surface area contributed by atoms with Gasteiger partial charge in [-0.05, 0) is 6.42 Å². The Labute approximate surface area is 81.7 Å². The third-order valence-corrected chi connectivity index (χ3v) is 2.13. The van der Waals surface area contributed by atoms with Crippen molar-refractivity contribution < 1.29 is 9.28 Å². The smallest absolute Gasteiger partial charge is 0.224 e. The van der Waals surface area contributed by atoms with Crippen LogP contribution in [0.25, 0.3) is 0 Å². The molecule has 13 heavy (non-hydrogen) atoms. The highest BCUT2D eigenvalue weighted by Gasteiger charge is 2.22. The first-order valence-electron chi connectivity index (χ1n) is 5.02. The fourth-order valence-corrected chi connectivity index (χ4v) is 1.33. The van der Waals surface area contributed by atoms with Crippen molar-refractivity contribution in [3.05, 3.63) is 0 Å². The number of quaternary nitrogens is 1. The van der Waals surface area contributed by atoms with Gasteiger partial charge < -0.3 is 9.80 Å². The SMILES string of the molecule is CCCC(=O)NC(CC)[N+](C)(C)C. The van der Waals surface area contributed by atoms with Crippen LogP contribution >= 0.6 is 0 Å². The molecule has 0 aromatic rings. The Hall–Kier alpha value is -0.570. The molecule has 0 heterocycles. The van der Waals surface area contributed by atoms with E-state index in [2.05, 4.69) is 33.4 Å². The Bertz CT molecular complexity index is 161. The number of amides is 1. The minimum Gasteiger partial charge on any atom is -0.311 e. The van der Waals surface area contributed by atoms with Crippen molar-refractivity contribution in [2.75, 3.05) is 21.1 Å². The minimum absolute atomic E-state index is 0.169. The monoisotopic (exact) mass is 187 g/mol. The topological polar surface area (TPSA) is 29.1 Å². The lowest BCUT2D eigenvalue weighted by Gasteiger charge is -2.33. The Morgan fingerprint density at radius 2 is 1.85 bits per heavy atom. The van der Waals surface area contributed by atoms with Gasteiger partial charge in [0.25, 0.3) is 0 Å². The molecule has 1 amide bonds. The van der Waals surface area contributed by atoms with Crippen molar-refractivity contribution in [3.63, 3.8) is 0 Å². The Morgan fingerprint density at radius 3 is 2.15 bits per heavy atom. The summed E-state index contributed by atoms with van der Waals surface area (Å²) in [4.78, 5) is 11.3. The van der Waals surface area contributed by atoms with Gasteiger partial charge in [-0.25, -0.2) is 0 Å². The molecule has 0 aliphatic carbocycles. The van der Waals surface area contributed by atoms with E-state index in [0.29, 0.717) is 6.42 Å². The molecule has 0 bridgehead atoms. The zero-order chi connectivity index (χ0) is 10.5. The second kappa shape index (κ2) is 5.22. The van der Waals surface area contributed by atoms with Crippen molar-refractivity contribution in [1.29, 1.82) is 0 Å². The fraction of sp³-hybridized carbons (Fsp3) is 0.900.